The maximum absolute atomic E-state index is 10.0. The number of rotatable bonds is 5. The lowest BCUT2D eigenvalue weighted by Crippen LogP contribution is -2.33. The fourth-order valence-electron chi connectivity index (χ4n) is 3.30. The number of nitrogens with zero attached hydrogens (tertiary/aromatic N) is 2. The largest absolute Gasteiger partial charge is 0.483 e. The number of anilines is 2. The van der Waals surface area contributed by atoms with E-state index in [2.05, 4.69) is 67.1 Å². The molecule has 136 valence electrons. The van der Waals surface area contributed by atoms with Crippen LogP contribution in [0.25, 0.3) is 0 Å². The number of ether oxygens (including phenoxy) is 1. The van der Waals surface area contributed by atoms with Gasteiger partial charge in [0.15, 0.2) is 0 Å². The highest BCUT2D eigenvalue weighted by atomic mass is 16.5. The Morgan fingerprint density at radius 3 is 2.68 bits per heavy atom. The predicted octanol–water partition coefficient (Wildman–Crippen LogP) is 4.11. The molecule has 0 radical (unpaired) electrons. The van der Waals surface area contributed by atoms with E-state index in [4.69, 9.17) is 4.74 Å². The molecule has 1 aromatic carbocycles. The van der Waals surface area contributed by atoms with Gasteiger partial charge in [0.05, 0.1) is 23.6 Å². The summed E-state index contributed by atoms with van der Waals surface area (Å²) in [6, 6.07) is 6.32. The molecule has 4 heteroatoms. The fraction of sp³-hybridized carbons (Fsp3) is 0.524. The predicted molar refractivity (Wildman–Crippen MR) is 105 cm³/mol. The zero-order chi connectivity index (χ0) is 18.2. The lowest BCUT2D eigenvalue weighted by atomic mass is 9.94. The van der Waals surface area contributed by atoms with Crippen LogP contribution in [-0.2, 0) is 0 Å². The molecule has 1 aliphatic heterocycles. The van der Waals surface area contributed by atoms with Gasteiger partial charge in [0.1, 0.15) is 11.4 Å². The number of benzene rings is 1. The monoisotopic (exact) mass is 342 g/mol. The SMILES string of the molecule is CC1=CCC(C)(Oc2ccc3c(c2)N(CCC(C)(C)O)CN3C)C=C1. The molecule has 0 saturated carbocycles. The summed E-state index contributed by atoms with van der Waals surface area (Å²) in [7, 11) is 2.10. The Balaban J connectivity index is 1.77. The van der Waals surface area contributed by atoms with Crippen molar-refractivity contribution < 1.29 is 9.84 Å². The van der Waals surface area contributed by atoms with Crippen molar-refractivity contribution in [1.29, 1.82) is 0 Å². The Hall–Kier alpha value is -1.94. The van der Waals surface area contributed by atoms with Crippen molar-refractivity contribution in [3.63, 3.8) is 0 Å². The maximum Gasteiger partial charge on any atom is 0.128 e. The van der Waals surface area contributed by atoms with Crippen molar-refractivity contribution in [2.24, 2.45) is 0 Å². The molecule has 0 fully saturated rings. The summed E-state index contributed by atoms with van der Waals surface area (Å²) in [5.41, 5.74) is 2.73. The molecule has 25 heavy (non-hydrogen) atoms. The Morgan fingerprint density at radius 1 is 1.28 bits per heavy atom. The molecule has 1 atom stereocenters. The van der Waals surface area contributed by atoms with Crippen molar-refractivity contribution in [3.05, 3.63) is 42.0 Å². The van der Waals surface area contributed by atoms with Gasteiger partial charge in [-0.2, -0.15) is 0 Å². The second-order valence-electron chi connectivity index (χ2n) is 8.22. The van der Waals surface area contributed by atoms with Crippen LogP contribution in [0.4, 0.5) is 11.4 Å². The number of hydrogen-bond donors (Lipinski definition) is 1. The zero-order valence-corrected chi connectivity index (χ0v) is 16.0. The van der Waals surface area contributed by atoms with Crippen molar-refractivity contribution >= 4 is 11.4 Å². The van der Waals surface area contributed by atoms with E-state index < -0.39 is 5.60 Å². The van der Waals surface area contributed by atoms with Gasteiger partial charge in [-0.3, -0.25) is 0 Å². The molecule has 1 aromatic rings. The summed E-state index contributed by atoms with van der Waals surface area (Å²) in [5, 5.41) is 10.0. The minimum Gasteiger partial charge on any atom is -0.483 e. The van der Waals surface area contributed by atoms with Gasteiger partial charge >= 0.3 is 0 Å². The van der Waals surface area contributed by atoms with Gasteiger partial charge in [-0.1, -0.05) is 17.7 Å². The molecule has 0 aromatic heterocycles. The summed E-state index contributed by atoms with van der Waals surface area (Å²) in [4.78, 5) is 4.54. The third kappa shape index (κ3) is 4.18. The smallest absolute Gasteiger partial charge is 0.128 e. The van der Waals surface area contributed by atoms with Gasteiger partial charge in [-0.15, -0.1) is 0 Å². The number of aliphatic hydroxyl groups is 1. The van der Waals surface area contributed by atoms with E-state index >= 15 is 0 Å². The topological polar surface area (TPSA) is 35.9 Å². The quantitative estimate of drug-likeness (QED) is 0.874. The Kier molecular flexibility index (Phi) is 4.58. The first kappa shape index (κ1) is 17.9. The van der Waals surface area contributed by atoms with Gasteiger partial charge in [0.25, 0.3) is 0 Å². The highest BCUT2D eigenvalue weighted by Crippen LogP contribution is 2.39. The Labute approximate surface area is 151 Å². The zero-order valence-electron chi connectivity index (χ0n) is 16.0. The van der Waals surface area contributed by atoms with Crippen LogP contribution in [0.3, 0.4) is 0 Å². The van der Waals surface area contributed by atoms with E-state index in [1.165, 1.54) is 16.9 Å². The Morgan fingerprint density at radius 2 is 2.04 bits per heavy atom. The molecule has 1 unspecified atom stereocenters. The van der Waals surface area contributed by atoms with E-state index in [1.54, 1.807) is 0 Å². The lowest BCUT2D eigenvalue weighted by molar-refractivity contribution is 0.0732. The van der Waals surface area contributed by atoms with Crippen LogP contribution in [0.2, 0.25) is 0 Å². The summed E-state index contributed by atoms with van der Waals surface area (Å²) < 4.78 is 6.32. The minimum atomic E-state index is -0.653. The molecule has 0 saturated heterocycles. The van der Waals surface area contributed by atoms with Gasteiger partial charge in [0, 0.05) is 26.1 Å². The van der Waals surface area contributed by atoms with E-state index in [1.807, 2.05) is 13.8 Å². The molecular formula is C21H30N2O2. The van der Waals surface area contributed by atoms with Gasteiger partial charge in [0.2, 0.25) is 0 Å². The van der Waals surface area contributed by atoms with E-state index in [0.29, 0.717) is 0 Å². The average Bonchev–Trinajstić information content (AvgIpc) is 2.84. The minimum absolute atomic E-state index is 0.295. The molecule has 1 heterocycles. The molecule has 3 rings (SSSR count). The van der Waals surface area contributed by atoms with Gasteiger partial charge in [-0.25, -0.2) is 0 Å². The summed E-state index contributed by atoms with van der Waals surface area (Å²) in [5.74, 6) is 0.891. The highest BCUT2D eigenvalue weighted by molar-refractivity contribution is 5.77. The van der Waals surface area contributed by atoms with E-state index in [-0.39, 0.29) is 5.60 Å². The molecule has 0 bridgehead atoms. The van der Waals surface area contributed by atoms with Gasteiger partial charge < -0.3 is 19.6 Å². The van der Waals surface area contributed by atoms with Crippen molar-refractivity contribution in [1.82, 2.24) is 0 Å². The average molecular weight is 342 g/mol. The fourth-order valence-corrected chi connectivity index (χ4v) is 3.30. The molecule has 4 nitrogen and oxygen atoms in total. The van der Waals surface area contributed by atoms with Crippen LogP contribution >= 0.6 is 0 Å². The summed E-state index contributed by atoms with van der Waals surface area (Å²) in [6.45, 7) is 9.62. The second-order valence-corrected chi connectivity index (χ2v) is 8.22. The lowest BCUT2D eigenvalue weighted by Gasteiger charge is -2.29. The third-order valence-corrected chi connectivity index (χ3v) is 4.95. The standard InChI is InChI=1S/C21H30N2O2/c1-16-8-10-21(4,11-9-16)25-17-6-7-18-19(14-17)23(15-22(18)5)13-12-20(2,3)24/h6-10,14,24H,11-13,15H2,1-5H3. The molecule has 1 aliphatic carbocycles. The van der Waals surface area contributed by atoms with Gasteiger partial charge in [-0.05, 0) is 52.3 Å². The molecule has 2 aliphatic rings. The van der Waals surface area contributed by atoms with Crippen LogP contribution in [0, 0.1) is 0 Å². The van der Waals surface area contributed by atoms with E-state index in [0.717, 1.165) is 31.8 Å². The van der Waals surface area contributed by atoms with Crippen molar-refractivity contribution in [2.45, 2.75) is 51.7 Å². The normalized spacial score (nSPS) is 22.9. The first-order valence-electron chi connectivity index (χ1n) is 9.03. The first-order chi connectivity index (χ1) is 11.7. The van der Waals surface area contributed by atoms with Crippen LogP contribution < -0.4 is 14.5 Å². The molecule has 1 N–H and O–H groups in total. The maximum atomic E-state index is 10.0. The Bertz CT molecular complexity index is 702. The van der Waals surface area contributed by atoms with Crippen LogP contribution in [0.15, 0.2) is 42.0 Å². The molecular weight excluding hydrogens is 312 g/mol. The molecule has 0 amide bonds. The number of fused-ring (bicyclic) bond motifs is 1. The van der Waals surface area contributed by atoms with Crippen LogP contribution in [-0.4, -0.2) is 36.6 Å². The van der Waals surface area contributed by atoms with E-state index in [9.17, 15) is 5.11 Å². The summed E-state index contributed by atoms with van der Waals surface area (Å²) >= 11 is 0. The third-order valence-electron chi connectivity index (χ3n) is 4.95. The molecule has 0 spiro atoms. The van der Waals surface area contributed by atoms with Crippen molar-refractivity contribution in [3.8, 4) is 5.75 Å². The number of allylic oxidation sites excluding steroid dienone is 2. The first-order valence-corrected chi connectivity index (χ1v) is 9.03. The van der Waals surface area contributed by atoms with Crippen LogP contribution in [0.5, 0.6) is 5.75 Å². The highest BCUT2D eigenvalue weighted by Gasteiger charge is 2.28. The van der Waals surface area contributed by atoms with Crippen LogP contribution in [0.1, 0.15) is 40.5 Å². The number of hydrogen-bond acceptors (Lipinski definition) is 4. The second kappa shape index (κ2) is 6.41. The van der Waals surface area contributed by atoms with Crippen molar-refractivity contribution in [2.75, 3.05) is 30.1 Å². The summed E-state index contributed by atoms with van der Waals surface area (Å²) in [6.07, 6.45) is 8.11.